The van der Waals surface area contributed by atoms with Gasteiger partial charge in [-0.3, -0.25) is 4.79 Å². The summed E-state index contributed by atoms with van der Waals surface area (Å²) in [6.07, 6.45) is 0.497. The number of benzene rings is 1. The molecule has 6 nitrogen and oxygen atoms in total. The maximum Gasteiger partial charge on any atom is 0.245 e. The monoisotopic (exact) mass is 380 g/mol. The number of nitrogens with one attached hydrogen (secondary N) is 1. The number of carbonyl (C=O) groups excluding carboxylic acids is 1. The fourth-order valence-electron chi connectivity index (χ4n) is 3.85. The van der Waals surface area contributed by atoms with Crippen molar-refractivity contribution < 1.29 is 14.3 Å². The lowest BCUT2D eigenvalue weighted by Crippen LogP contribution is -2.43. The summed E-state index contributed by atoms with van der Waals surface area (Å²) in [6.45, 7) is 6.11. The van der Waals surface area contributed by atoms with Gasteiger partial charge in [0.25, 0.3) is 0 Å². The van der Waals surface area contributed by atoms with Gasteiger partial charge >= 0.3 is 0 Å². The van der Waals surface area contributed by atoms with Crippen molar-refractivity contribution in [1.29, 1.82) is 0 Å². The summed E-state index contributed by atoms with van der Waals surface area (Å²) in [5.74, 6) is -0.521. The minimum atomic E-state index is -1.05. The lowest BCUT2D eigenvalue weighted by atomic mass is 9.90. The number of hydrogen-bond acceptors (Lipinski definition) is 4. The average molecular weight is 380 g/mol. The Morgan fingerprint density at radius 2 is 2.18 bits per heavy atom. The van der Waals surface area contributed by atoms with Gasteiger partial charge in [-0.1, -0.05) is 18.7 Å². The fraction of sp³-hybridized carbons (Fsp3) is 0.286. The molecule has 0 radical (unpaired) electrons. The lowest BCUT2D eigenvalue weighted by Gasteiger charge is -2.34. The Balaban J connectivity index is 1.74. The zero-order valence-corrected chi connectivity index (χ0v) is 15.5. The van der Waals surface area contributed by atoms with Crippen LogP contribution in [0.1, 0.15) is 23.6 Å². The van der Waals surface area contributed by atoms with Crippen molar-refractivity contribution in [1.82, 2.24) is 20.1 Å². The number of para-hydroxylation sites is 1. The predicted molar refractivity (Wildman–Crippen MR) is 105 cm³/mol. The van der Waals surface area contributed by atoms with E-state index < -0.39 is 12.1 Å². The van der Waals surface area contributed by atoms with Crippen LogP contribution in [-0.2, 0) is 4.79 Å². The van der Waals surface area contributed by atoms with E-state index in [1.165, 1.54) is 6.08 Å². The fourth-order valence-corrected chi connectivity index (χ4v) is 3.85. The Hall–Kier alpha value is -3.22. The first-order valence-electron chi connectivity index (χ1n) is 9.19. The number of piperidine rings is 1. The first kappa shape index (κ1) is 18.2. The van der Waals surface area contributed by atoms with Crippen LogP contribution in [0.2, 0.25) is 0 Å². The summed E-state index contributed by atoms with van der Waals surface area (Å²) < 4.78 is 14.7. The van der Waals surface area contributed by atoms with Crippen LogP contribution in [0.25, 0.3) is 22.3 Å². The van der Waals surface area contributed by atoms with Gasteiger partial charge in [-0.15, -0.1) is 10.2 Å². The van der Waals surface area contributed by atoms with Gasteiger partial charge in [0.05, 0.1) is 5.69 Å². The highest BCUT2D eigenvalue weighted by Crippen LogP contribution is 2.35. The van der Waals surface area contributed by atoms with E-state index >= 15 is 0 Å². The maximum absolute atomic E-state index is 14.7. The summed E-state index contributed by atoms with van der Waals surface area (Å²) in [7, 11) is 0. The van der Waals surface area contributed by atoms with Gasteiger partial charge in [0, 0.05) is 35.7 Å². The van der Waals surface area contributed by atoms with Crippen LogP contribution in [0.3, 0.4) is 0 Å². The topological polar surface area (TPSA) is 82.1 Å². The number of alkyl halides is 1. The molecule has 144 valence electrons. The molecule has 1 fully saturated rings. The van der Waals surface area contributed by atoms with Gasteiger partial charge < -0.3 is 15.0 Å². The number of aromatic hydroxyl groups is 1. The van der Waals surface area contributed by atoms with Gasteiger partial charge in [0.1, 0.15) is 11.9 Å². The molecule has 2 aromatic heterocycles. The Labute approximate surface area is 161 Å². The van der Waals surface area contributed by atoms with Crippen LogP contribution in [0.15, 0.2) is 43.0 Å². The lowest BCUT2D eigenvalue weighted by molar-refractivity contribution is -0.127. The molecular formula is C21H21FN4O2. The molecule has 3 heterocycles. The van der Waals surface area contributed by atoms with Crippen LogP contribution in [-0.4, -0.2) is 50.4 Å². The number of fused-ring (bicyclic) bond motifs is 1. The van der Waals surface area contributed by atoms with Gasteiger partial charge in [0.2, 0.25) is 5.91 Å². The molecule has 28 heavy (non-hydrogen) atoms. The number of H-pyrrole nitrogens is 1. The van der Waals surface area contributed by atoms with E-state index in [2.05, 4.69) is 21.8 Å². The number of aromatic amines is 1. The third-order valence-electron chi connectivity index (χ3n) is 5.42. The number of nitrogens with zero attached hydrogens (tertiary/aromatic N) is 3. The Kier molecular flexibility index (Phi) is 4.58. The SMILES string of the molecule is C=CC(=O)N1CC[C@H](F)[C@H](c2[nH]c3nnc(-c4ccccc4O)cc3c2C)C1. The number of phenols is 1. The zero-order chi connectivity index (χ0) is 19.8. The third kappa shape index (κ3) is 3.02. The zero-order valence-electron chi connectivity index (χ0n) is 15.5. The van der Waals surface area contributed by atoms with Gasteiger partial charge in [-0.25, -0.2) is 4.39 Å². The quantitative estimate of drug-likeness (QED) is 0.682. The number of phenolic OH excluding ortho intramolecular Hbond substituents is 1. The molecule has 1 saturated heterocycles. The molecule has 0 saturated carbocycles. The Bertz CT molecular complexity index is 1060. The third-order valence-corrected chi connectivity index (χ3v) is 5.42. The van der Waals surface area contributed by atoms with E-state index in [9.17, 15) is 14.3 Å². The molecule has 1 aliphatic rings. The standard InChI is InChI=1S/C21H21FN4O2/c1-3-19(28)26-9-8-16(22)15(11-26)20-12(2)14-10-17(24-25-21(14)23-20)13-6-4-5-7-18(13)27/h3-7,10,15-16,27H,1,8-9,11H2,2H3,(H,23,25)/t15-,16+/m1/s1. The predicted octanol–water partition coefficient (Wildman–Crippen LogP) is 3.48. The first-order chi connectivity index (χ1) is 13.5. The van der Waals surface area contributed by atoms with E-state index in [0.29, 0.717) is 30.0 Å². The Morgan fingerprint density at radius 1 is 1.39 bits per heavy atom. The number of likely N-dealkylation sites (tertiary alicyclic amines) is 1. The molecule has 0 bridgehead atoms. The van der Waals surface area contributed by atoms with Gasteiger partial charge in [-0.05, 0) is 43.2 Å². The molecule has 0 unspecified atom stereocenters. The molecule has 0 spiro atoms. The second-order valence-corrected chi connectivity index (χ2v) is 7.07. The average Bonchev–Trinajstić information content (AvgIpc) is 3.04. The van der Waals surface area contributed by atoms with Crippen LogP contribution >= 0.6 is 0 Å². The molecule has 1 aromatic carbocycles. The molecular weight excluding hydrogens is 359 g/mol. The second kappa shape index (κ2) is 7.07. The molecule has 1 aliphatic heterocycles. The number of aryl methyl sites for hydroxylation is 1. The van der Waals surface area contributed by atoms with Crippen molar-refractivity contribution in [3.05, 3.63) is 54.2 Å². The molecule has 3 aromatic rings. The van der Waals surface area contributed by atoms with E-state index in [4.69, 9.17) is 0 Å². The molecule has 1 amide bonds. The smallest absolute Gasteiger partial charge is 0.245 e. The molecule has 4 rings (SSSR count). The normalized spacial score (nSPS) is 19.7. The largest absolute Gasteiger partial charge is 0.507 e. The summed E-state index contributed by atoms with van der Waals surface area (Å²) in [5.41, 5.74) is 3.30. The van der Waals surface area contributed by atoms with Crippen molar-refractivity contribution in [2.75, 3.05) is 13.1 Å². The first-order valence-corrected chi connectivity index (χ1v) is 9.19. The summed E-state index contributed by atoms with van der Waals surface area (Å²) in [5, 5.41) is 19.3. The number of halogens is 1. The maximum atomic E-state index is 14.7. The number of rotatable bonds is 3. The highest BCUT2D eigenvalue weighted by Gasteiger charge is 2.34. The molecule has 0 aliphatic carbocycles. The van der Waals surface area contributed by atoms with Crippen molar-refractivity contribution in [2.24, 2.45) is 0 Å². The molecule has 7 heteroatoms. The van der Waals surface area contributed by atoms with Gasteiger partial charge in [0.15, 0.2) is 5.65 Å². The van der Waals surface area contributed by atoms with Crippen LogP contribution < -0.4 is 0 Å². The van der Waals surface area contributed by atoms with E-state index in [1.54, 1.807) is 23.1 Å². The molecule has 2 atom stereocenters. The summed E-state index contributed by atoms with van der Waals surface area (Å²) in [6, 6.07) is 8.76. The Morgan fingerprint density at radius 3 is 2.93 bits per heavy atom. The number of amides is 1. The highest BCUT2D eigenvalue weighted by molar-refractivity contribution is 5.87. The summed E-state index contributed by atoms with van der Waals surface area (Å²) >= 11 is 0. The van der Waals surface area contributed by atoms with Crippen LogP contribution in [0, 0.1) is 6.92 Å². The van der Waals surface area contributed by atoms with Crippen LogP contribution in [0.4, 0.5) is 4.39 Å². The minimum absolute atomic E-state index is 0.124. The number of hydrogen-bond donors (Lipinski definition) is 2. The van der Waals surface area contributed by atoms with E-state index in [-0.39, 0.29) is 18.1 Å². The number of aromatic nitrogens is 3. The van der Waals surface area contributed by atoms with Crippen molar-refractivity contribution in [3.63, 3.8) is 0 Å². The highest BCUT2D eigenvalue weighted by atomic mass is 19.1. The minimum Gasteiger partial charge on any atom is -0.507 e. The van der Waals surface area contributed by atoms with Crippen LogP contribution in [0.5, 0.6) is 5.75 Å². The van der Waals surface area contributed by atoms with E-state index in [0.717, 1.165) is 16.6 Å². The second-order valence-electron chi connectivity index (χ2n) is 7.07. The molecule has 2 N–H and O–H groups in total. The summed E-state index contributed by atoms with van der Waals surface area (Å²) in [4.78, 5) is 16.8. The van der Waals surface area contributed by atoms with Crippen molar-refractivity contribution in [3.8, 4) is 17.0 Å². The van der Waals surface area contributed by atoms with Gasteiger partial charge in [-0.2, -0.15) is 0 Å². The van der Waals surface area contributed by atoms with E-state index in [1.807, 2.05) is 19.1 Å². The van der Waals surface area contributed by atoms with Crippen molar-refractivity contribution >= 4 is 16.9 Å². The van der Waals surface area contributed by atoms with Crippen molar-refractivity contribution in [2.45, 2.75) is 25.4 Å². The number of carbonyl (C=O) groups is 1.